The van der Waals surface area contributed by atoms with Crippen molar-refractivity contribution >= 4 is 26.7 Å². The summed E-state index contributed by atoms with van der Waals surface area (Å²) in [6, 6.07) is 16.4. The molecule has 0 radical (unpaired) electrons. The molecule has 0 saturated carbocycles. The van der Waals surface area contributed by atoms with E-state index < -0.39 is 10.1 Å². The van der Waals surface area contributed by atoms with Gasteiger partial charge in [-0.2, -0.15) is 0 Å². The predicted octanol–water partition coefficient (Wildman–Crippen LogP) is 0.287. The van der Waals surface area contributed by atoms with Gasteiger partial charge in [-0.25, -0.2) is 8.42 Å². The quantitative estimate of drug-likeness (QED) is 0.387. The second kappa shape index (κ2) is 7.17. The van der Waals surface area contributed by atoms with E-state index in [1.807, 2.05) is 19.1 Å². The van der Waals surface area contributed by atoms with Crippen molar-refractivity contribution < 1.29 is 47.3 Å². The number of carbonyl (C=O) groups excluding carboxylic acids is 1. The Balaban J connectivity index is 0.00000208. The van der Waals surface area contributed by atoms with Crippen LogP contribution in [0.1, 0.15) is 21.5 Å². The number of hydrogen-bond donors (Lipinski definition) is 0. The van der Waals surface area contributed by atoms with Gasteiger partial charge in [0, 0.05) is 11.1 Å². The fraction of sp³-hybridized carbons (Fsp3) is 0.0556. The van der Waals surface area contributed by atoms with Crippen LogP contribution in [-0.2, 0) is 10.1 Å². The van der Waals surface area contributed by atoms with Crippen LogP contribution < -0.4 is 29.6 Å². The zero-order chi connectivity index (χ0) is 16.6. The number of benzene rings is 3. The van der Waals surface area contributed by atoms with Crippen LogP contribution in [-0.4, -0.2) is 18.8 Å². The molecule has 4 nitrogen and oxygen atoms in total. The fourth-order valence-electron chi connectivity index (χ4n) is 2.39. The van der Waals surface area contributed by atoms with Gasteiger partial charge >= 0.3 is 29.6 Å². The SMILES string of the molecule is Cc1ccc(C(=O)c2ccc3cc(S(=O)(=O)[O-])ccc3c2)cc1.[Na+]. The molecule has 0 saturated heterocycles. The van der Waals surface area contributed by atoms with Crippen LogP contribution in [0.4, 0.5) is 0 Å². The Kier molecular flexibility index (Phi) is 5.63. The minimum absolute atomic E-state index is 0. The van der Waals surface area contributed by atoms with Gasteiger partial charge in [0.25, 0.3) is 0 Å². The third-order valence-corrected chi connectivity index (χ3v) is 4.51. The van der Waals surface area contributed by atoms with E-state index in [9.17, 15) is 17.8 Å². The van der Waals surface area contributed by atoms with Crippen LogP contribution in [0.15, 0.2) is 65.6 Å². The average molecular weight is 348 g/mol. The topological polar surface area (TPSA) is 74.3 Å². The van der Waals surface area contributed by atoms with E-state index in [2.05, 4.69) is 0 Å². The van der Waals surface area contributed by atoms with E-state index in [4.69, 9.17) is 0 Å². The molecule has 24 heavy (non-hydrogen) atoms. The number of ketones is 1. The molecule has 0 aliphatic heterocycles. The van der Waals surface area contributed by atoms with Gasteiger partial charge < -0.3 is 4.55 Å². The second-order valence-corrected chi connectivity index (χ2v) is 6.75. The van der Waals surface area contributed by atoms with Crippen LogP contribution in [0.5, 0.6) is 0 Å². The first-order valence-corrected chi connectivity index (χ1v) is 8.36. The summed E-state index contributed by atoms with van der Waals surface area (Å²) in [5.74, 6) is -0.104. The maximum Gasteiger partial charge on any atom is 1.00 e. The van der Waals surface area contributed by atoms with Crippen LogP contribution in [0, 0.1) is 6.92 Å². The Labute approximate surface area is 162 Å². The third kappa shape index (κ3) is 3.94. The molecule has 0 atom stereocenters. The third-order valence-electron chi connectivity index (χ3n) is 3.68. The zero-order valence-electron chi connectivity index (χ0n) is 13.3. The van der Waals surface area contributed by atoms with E-state index in [1.165, 1.54) is 18.2 Å². The molecule has 0 spiro atoms. The summed E-state index contributed by atoms with van der Waals surface area (Å²) in [7, 11) is -4.48. The molecule has 0 amide bonds. The first kappa shape index (κ1) is 18.8. The molecule has 0 aromatic heterocycles. The summed E-state index contributed by atoms with van der Waals surface area (Å²) in [5, 5.41) is 1.30. The molecule has 0 aliphatic rings. The Bertz CT molecular complexity index is 1010. The summed E-state index contributed by atoms with van der Waals surface area (Å²) < 4.78 is 33.2. The van der Waals surface area contributed by atoms with Crippen molar-refractivity contribution in [3.05, 3.63) is 77.4 Å². The minimum atomic E-state index is -4.48. The Morgan fingerprint density at radius 2 is 1.38 bits per heavy atom. The van der Waals surface area contributed by atoms with E-state index >= 15 is 0 Å². The van der Waals surface area contributed by atoms with Gasteiger partial charge in [-0.15, -0.1) is 0 Å². The van der Waals surface area contributed by atoms with E-state index in [-0.39, 0.29) is 40.2 Å². The maximum atomic E-state index is 12.5. The minimum Gasteiger partial charge on any atom is -0.744 e. The number of hydrogen-bond acceptors (Lipinski definition) is 4. The molecular weight excluding hydrogens is 335 g/mol. The molecule has 0 heterocycles. The van der Waals surface area contributed by atoms with Crippen LogP contribution in [0.2, 0.25) is 0 Å². The number of aryl methyl sites for hydroxylation is 1. The average Bonchev–Trinajstić information content (AvgIpc) is 2.53. The van der Waals surface area contributed by atoms with Gasteiger partial charge in [0.05, 0.1) is 4.90 Å². The second-order valence-electron chi connectivity index (χ2n) is 5.37. The largest absolute Gasteiger partial charge is 1.00 e. The number of rotatable bonds is 3. The van der Waals surface area contributed by atoms with E-state index in [1.54, 1.807) is 30.3 Å². The van der Waals surface area contributed by atoms with Crippen molar-refractivity contribution in [2.75, 3.05) is 0 Å². The summed E-state index contributed by atoms with van der Waals surface area (Å²) in [5.41, 5.74) is 2.18. The van der Waals surface area contributed by atoms with Crippen molar-refractivity contribution in [2.45, 2.75) is 11.8 Å². The Morgan fingerprint density at radius 1 is 0.833 bits per heavy atom. The van der Waals surface area contributed by atoms with Crippen molar-refractivity contribution in [1.82, 2.24) is 0 Å². The molecule has 0 bridgehead atoms. The molecular formula is C18H13NaO4S. The van der Waals surface area contributed by atoms with Gasteiger partial charge in [0.1, 0.15) is 10.1 Å². The van der Waals surface area contributed by atoms with Crippen molar-refractivity contribution in [1.29, 1.82) is 0 Å². The molecule has 3 rings (SSSR count). The zero-order valence-corrected chi connectivity index (χ0v) is 16.1. The van der Waals surface area contributed by atoms with Gasteiger partial charge in [-0.1, -0.05) is 48.0 Å². The first-order valence-electron chi connectivity index (χ1n) is 6.96. The predicted molar refractivity (Wildman–Crippen MR) is 86.5 cm³/mol. The standard InChI is InChI=1S/C18H14O4S.Na/c1-12-2-4-13(5-3-12)18(19)16-7-6-15-11-17(23(20,21)22)9-8-14(15)10-16;/h2-11H,1H3,(H,20,21,22);/q;+1/p-1. The van der Waals surface area contributed by atoms with Crippen molar-refractivity contribution in [2.24, 2.45) is 0 Å². The Morgan fingerprint density at radius 3 is 2.00 bits per heavy atom. The molecule has 3 aromatic carbocycles. The van der Waals surface area contributed by atoms with Gasteiger partial charge in [-0.3, -0.25) is 4.79 Å². The van der Waals surface area contributed by atoms with Gasteiger partial charge in [0.15, 0.2) is 5.78 Å². The van der Waals surface area contributed by atoms with Gasteiger partial charge in [-0.05, 0) is 35.9 Å². The molecule has 0 fully saturated rings. The summed E-state index contributed by atoms with van der Waals surface area (Å²) in [6.45, 7) is 1.95. The Hall–Kier alpha value is -1.50. The fourth-order valence-corrected chi connectivity index (χ4v) is 2.90. The van der Waals surface area contributed by atoms with E-state index in [0.29, 0.717) is 21.9 Å². The normalized spacial score (nSPS) is 11.1. The summed E-state index contributed by atoms with van der Waals surface area (Å²) in [4.78, 5) is 12.2. The molecule has 0 N–H and O–H groups in total. The molecule has 3 aromatic rings. The van der Waals surface area contributed by atoms with Crippen LogP contribution in [0.25, 0.3) is 10.8 Å². The van der Waals surface area contributed by atoms with Crippen molar-refractivity contribution in [3.8, 4) is 0 Å². The van der Waals surface area contributed by atoms with Gasteiger partial charge in [0.2, 0.25) is 0 Å². The molecule has 6 heteroatoms. The van der Waals surface area contributed by atoms with E-state index in [0.717, 1.165) is 5.56 Å². The van der Waals surface area contributed by atoms with Crippen LogP contribution >= 0.6 is 0 Å². The monoisotopic (exact) mass is 348 g/mol. The number of carbonyl (C=O) groups is 1. The van der Waals surface area contributed by atoms with Crippen LogP contribution in [0.3, 0.4) is 0 Å². The molecule has 0 aliphatic carbocycles. The van der Waals surface area contributed by atoms with Crippen molar-refractivity contribution in [3.63, 3.8) is 0 Å². The molecule has 116 valence electrons. The summed E-state index contributed by atoms with van der Waals surface area (Å²) in [6.07, 6.45) is 0. The first-order chi connectivity index (χ1) is 10.8. The smallest absolute Gasteiger partial charge is 0.744 e. The maximum absolute atomic E-state index is 12.5. The summed E-state index contributed by atoms with van der Waals surface area (Å²) >= 11 is 0. The number of fused-ring (bicyclic) bond motifs is 1. The molecule has 0 unspecified atom stereocenters.